The molecule has 2 aliphatic rings. The summed E-state index contributed by atoms with van der Waals surface area (Å²) in [5.74, 6) is 0.804. The highest BCUT2D eigenvalue weighted by atomic mass is 15.5. The van der Waals surface area contributed by atoms with Crippen LogP contribution in [0.4, 0.5) is 5.69 Å². The zero-order chi connectivity index (χ0) is 11.2. The van der Waals surface area contributed by atoms with Gasteiger partial charge in [0.25, 0.3) is 0 Å². The molecule has 0 saturated carbocycles. The van der Waals surface area contributed by atoms with Crippen LogP contribution in [0.5, 0.6) is 0 Å². The standard InChI is InChI=1S/C9H4N8/c1-2-10-7-4(1)6-5(3-11-7)12-8(13-6)9-14-16-17-15-9/h1-3H,(H,14,15,16,17). The normalized spacial score (nSPS) is 14.9. The van der Waals surface area contributed by atoms with Gasteiger partial charge in [-0.05, 0) is 11.3 Å². The minimum absolute atomic E-state index is 0.369. The van der Waals surface area contributed by atoms with Crippen molar-refractivity contribution in [3.8, 4) is 0 Å². The molecule has 2 aromatic rings. The highest BCUT2D eigenvalue weighted by Gasteiger charge is 2.18. The number of nitrogens with zero attached hydrogens (tertiary/aromatic N) is 7. The number of aromatic nitrogens is 5. The van der Waals surface area contributed by atoms with Crippen molar-refractivity contribution >= 4 is 17.6 Å². The van der Waals surface area contributed by atoms with Crippen molar-refractivity contribution in [1.29, 1.82) is 0 Å². The van der Waals surface area contributed by atoms with Gasteiger partial charge in [0.15, 0.2) is 5.49 Å². The Kier molecular flexibility index (Phi) is 1.42. The molecule has 2 aliphatic heterocycles. The van der Waals surface area contributed by atoms with Crippen LogP contribution < -0.4 is 10.8 Å². The van der Waals surface area contributed by atoms with Crippen LogP contribution in [-0.4, -0.2) is 31.4 Å². The number of fused-ring (bicyclic) bond motifs is 3. The lowest BCUT2D eigenvalue weighted by atomic mass is 10.2. The number of rotatable bonds is 1. The third-order valence-electron chi connectivity index (χ3n) is 2.48. The van der Waals surface area contributed by atoms with E-state index >= 15 is 0 Å². The predicted molar refractivity (Wildman–Crippen MR) is 56.0 cm³/mol. The summed E-state index contributed by atoms with van der Waals surface area (Å²) in [6.45, 7) is 0. The second kappa shape index (κ2) is 2.88. The maximum absolute atomic E-state index is 4.38. The Hall–Kier alpha value is -2.77. The van der Waals surface area contributed by atoms with Gasteiger partial charge in [0.05, 0.1) is 6.20 Å². The first kappa shape index (κ1) is 8.39. The van der Waals surface area contributed by atoms with Gasteiger partial charge in [-0.25, -0.2) is 20.0 Å². The lowest BCUT2D eigenvalue weighted by molar-refractivity contribution is 0.881. The van der Waals surface area contributed by atoms with Crippen LogP contribution in [0, 0.1) is 0 Å². The first-order valence-electron chi connectivity index (χ1n) is 4.86. The first-order valence-corrected chi connectivity index (χ1v) is 4.86. The summed E-state index contributed by atoms with van der Waals surface area (Å²) in [7, 11) is 0. The number of hydrogen-bond acceptors (Lipinski definition) is 7. The van der Waals surface area contributed by atoms with Crippen molar-refractivity contribution in [2.45, 2.75) is 0 Å². The summed E-state index contributed by atoms with van der Waals surface area (Å²) in [5.41, 5.74) is 2.30. The Labute approximate surface area is 93.6 Å². The van der Waals surface area contributed by atoms with Gasteiger partial charge in [-0.1, -0.05) is 0 Å². The van der Waals surface area contributed by atoms with Gasteiger partial charge in [-0.3, -0.25) is 0 Å². The van der Waals surface area contributed by atoms with Crippen LogP contribution >= 0.6 is 0 Å². The number of aliphatic imine (C=N–C) groups is 1. The molecule has 0 unspecified atom stereocenters. The maximum atomic E-state index is 4.38. The highest BCUT2D eigenvalue weighted by molar-refractivity contribution is 6.00. The number of hydrogen-bond donors (Lipinski definition) is 1. The molecule has 0 atom stereocenters. The van der Waals surface area contributed by atoms with Crippen LogP contribution in [0.3, 0.4) is 0 Å². The van der Waals surface area contributed by atoms with Crippen molar-refractivity contribution in [3.05, 3.63) is 34.6 Å². The highest BCUT2D eigenvalue weighted by Crippen LogP contribution is 2.18. The Morgan fingerprint density at radius 1 is 1.18 bits per heavy atom. The molecule has 4 rings (SSSR count). The van der Waals surface area contributed by atoms with E-state index in [1.807, 2.05) is 6.08 Å². The van der Waals surface area contributed by atoms with Crippen molar-refractivity contribution in [3.63, 3.8) is 0 Å². The number of aromatic amines is 1. The smallest absolute Gasteiger partial charge is 0.237 e. The Morgan fingerprint density at radius 3 is 3.06 bits per heavy atom. The molecule has 4 heterocycles. The average Bonchev–Trinajstić information content (AvgIpc) is 3.08. The quantitative estimate of drug-likeness (QED) is 0.664. The number of amidine groups is 1. The molecule has 17 heavy (non-hydrogen) atoms. The molecule has 0 amide bonds. The van der Waals surface area contributed by atoms with E-state index in [0.29, 0.717) is 22.5 Å². The molecule has 1 N–H and O–H groups in total. The van der Waals surface area contributed by atoms with Crippen molar-refractivity contribution < 1.29 is 0 Å². The predicted octanol–water partition coefficient (Wildman–Crippen LogP) is -1.09. The summed E-state index contributed by atoms with van der Waals surface area (Å²) >= 11 is 0. The van der Waals surface area contributed by atoms with Crippen LogP contribution in [0.15, 0.2) is 27.4 Å². The molecule has 0 radical (unpaired) electrons. The number of H-pyrrole nitrogens is 1. The summed E-state index contributed by atoms with van der Waals surface area (Å²) in [4.78, 5) is 17.0. The third-order valence-corrected chi connectivity index (χ3v) is 2.48. The first-order chi connectivity index (χ1) is 8.42. The van der Waals surface area contributed by atoms with Crippen LogP contribution in [0.1, 0.15) is 11.4 Å². The summed E-state index contributed by atoms with van der Waals surface area (Å²) in [6.07, 6.45) is 5.19. The molecule has 0 aliphatic carbocycles. The van der Waals surface area contributed by atoms with E-state index in [-0.39, 0.29) is 0 Å². The molecule has 2 aromatic heterocycles. The van der Waals surface area contributed by atoms with E-state index in [1.54, 1.807) is 12.4 Å². The topological polar surface area (TPSA) is 104 Å². The van der Waals surface area contributed by atoms with Gasteiger partial charge in [0.2, 0.25) is 11.7 Å². The van der Waals surface area contributed by atoms with Crippen molar-refractivity contribution in [2.75, 3.05) is 0 Å². The zero-order valence-corrected chi connectivity index (χ0v) is 8.36. The Morgan fingerprint density at radius 2 is 2.18 bits per heavy atom. The van der Waals surface area contributed by atoms with E-state index < -0.39 is 0 Å². The van der Waals surface area contributed by atoms with Gasteiger partial charge >= 0.3 is 0 Å². The fourth-order valence-corrected chi connectivity index (χ4v) is 1.74. The summed E-state index contributed by atoms with van der Waals surface area (Å²) < 4.78 is 0. The van der Waals surface area contributed by atoms with E-state index in [4.69, 9.17) is 0 Å². The molecule has 80 valence electrons. The number of pyridine rings is 1. The Bertz CT molecular complexity index is 783. The fraction of sp³-hybridized carbons (Fsp3) is 0. The molecular formula is C9H4N8. The van der Waals surface area contributed by atoms with Crippen LogP contribution in [0.25, 0.3) is 6.08 Å². The SMILES string of the molecule is C1=Cc2c3c(cnc2=N1)=NC(c1nn[nH]n1)=N3. The van der Waals surface area contributed by atoms with E-state index in [0.717, 1.165) is 11.3 Å². The molecular weight excluding hydrogens is 220 g/mol. The molecule has 0 aromatic carbocycles. The zero-order valence-electron chi connectivity index (χ0n) is 8.36. The maximum Gasteiger partial charge on any atom is 0.241 e. The fourth-order valence-electron chi connectivity index (χ4n) is 1.74. The van der Waals surface area contributed by atoms with Crippen LogP contribution in [0.2, 0.25) is 0 Å². The molecule has 8 nitrogen and oxygen atoms in total. The van der Waals surface area contributed by atoms with E-state index in [2.05, 4.69) is 40.6 Å². The van der Waals surface area contributed by atoms with Gasteiger partial charge < -0.3 is 0 Å². The third kappa shape index (κ3) is 1.08. The summed E-state index contributed by atoms with van der Waals surface area (Å²) in [5, 5.41) is 14.2. The van der Waals surface area contributed by atoms with Gasteiger partial charge in [0.1, 0.15) is 11.0 Å². The average molecular weight is 224 g/mol. The molecule has 0 bridgehead atoms. The second-order valence-electron chi connectivity index (χ2n) is 3.46. The number of tetrazole rings is 1. The van der Waals surface area contributed by atoms with E-state index in [1.165, 1.54) is 0 Å². The van der Waals surface area contributed by atoms with Gasteiger partial charge in [0, 0.05) is 11.8 Å². The second-order valence-corrected chi connectivity index (χ2v) is 3.46. The van der Waals surface area contributed by atoms with Crippen LogP contribution in [-0.2, 0) is 0 Å². The molecule has 8 heteroatoms. The lowest BCUT2D eigenvalue weighted by Gasteiger charge is -1.92. The molecule has 0 saturated heterocycles. The Balaban J connectivity index is 1.99. The lowest BCUT2D eigenvalue weighted by Crippen LogP contribution is -2.15. The van der Waals surface area contributed by atoms with Crippen molar-refractivity contribution in [2.24, 2.45) is 15.0 Å². The van der Waals surface area contributed by atoms with Gasteiger partial charge in [-0.15, -0.1) is 10.2 Å². The van der Waals surface area contributed by atoms with Gasteiger partial charge in [-0.2, -0.15) is 5.21 Å². The monoisotopic (exact) mass is 224 g/mol. The molecule has 0 spiro atoms. The number of nitrogens with one attached hydrogen (secondary N) is 1. The molecule has 0 fully saturated rings. The van der Waals surface area contributed by atoms with E-state index in [9.17, 15) is 0 Å². The minimum atomic E-state index is 0.369. The summed E-state index contributed by atoms with van der Waals surface area (Å²) in [6, 6.07) is 0. The largest absolute Gasteiger partial charge is 0.241 e. The van der Waals surface area contributed by atoms with Crippen molar-refractivity contribution in [1.82, 2.24) is 25.6 Å². The minimum Gasteiger partial charge on any atom is -0.237 e.